The predicted molar refractivity (Wildman–Crippen MR) is 93.3 cm³/mol. The fourth-order valence-corrected chi connectivity index (χ4v) is 2.53. The average Bonchev–Trinajstić information content (AvgIpc) is 2.57. The lowest BCUT2D eigenvalue weighted by molar-refractivity contribution is -0.140. The van der Waals surface area contributed by atoms with Gasteiger partial charge in [-0.1, -0.05) is 6.07 Å². The summed E-state index contributed by atoms with van der Waals surface area (Å²) in [6, 6.07) is 5.17. The third kappa shape index (κ3) is 5.49. The van der Waals surface area contributed by atoms with Crippen molar-refractivity contribution in [3.63, 3.8) is 0 Å². The first kappa shape index (κ1) is 18.8. The number of carbonyl (C=O) groups is 2. The van der Waals surface area contributed by atoms with Gasteiger partial charge in [-0.05, 0) is 37.6 Å². The molecular weight excluding hydrogens is 324 g/mol. The molecule has 1 aromatic rings. The smallest absolute Gasteiger partial charge is 0.255 e. The van der Waals surface area contributed by atoms with Gasteiger partial charge in [0.05, 0.1) is 19.3 Å². The average molecular weight is 348 g/mol. The molecule has 7 heteroatoms. The Morgan fingerprint density at radius 3 is 2.76 bits per heavy atom. The lowest BCUT2D eigenvalue weighted by Crippen LogP contribution is -2.50. The molecule has 0 radical (unpaired) electrons. The molecule has 7 nitrogen and oxygen atoms in total. The number of rotatable bonds is 6. The minimum atomic E-state index is -0.565. The molecule has 0 saturated carbocycles. The van der Waals surface area contributed by atoms with Gasteiger partial charge >= 0.3 is 0 Å². The van der Waals surface area contributed by atoms with Crippen LogP contribution < -0.4 is 15.2 Å². The summed E-state index contributed by atoms with van der Waals surface area (Å²) in [4.78, 5) is 24.9. The number of amides is 2. The zero-order chi connectivity index (χ0) is 18.4. The van der Waals surface area contributed by atoms with Crippen molar-refractivity contribution >= 4 is 17.9 Å². The summed E-state index contributed by atoms with van der Waals surface area (Å²) in [6.45, 7) is 5.37. The Labute approximate surface area is 147 Å². The number of primary amides is 1. The van der Waals surface area contributed by atoms with Crippen LogP contribution in [0.3, 0.4) is 0 Å². The standard InChI is InChI=1S/C18H24N2O5/c1-18(2)12-20(8-9-25-18)17(22)7-5-13-4-6-14(15(10-13)23-3)24-11-16(19)21/h4-7,10H,8-9,11-12H2,1-3H3,(H2,19,21)/b7-5-. The van der Waals surface area contributed by atoms with Crippen LogP contribution in [-0.4, -0.2) is 55.7 Å². The molecule has 0 unspecified atom stereocenters. The Balaban J connectivity index is 2.05. The van der Waals surface area contributed by atoms with E-state index in [4.69, 9.17) is 19.9 Å². The third-order valence-corrected chi connectivity index (χ3v) is 3.71. The number of nitrogens with zero attached hydrogens (tertiary/aromatic N) is 1. The monoisotopic (exact) mass is 348 g/mol. The van der Waals surface area contributed by atoms with Crippen molar-refractivity contribution in [3.05, 3.63) is 29.8 Å². The molecule has 1 aliphatic heterocycles. The maximum atomic E-state index is 12.3. The molecule has 2 rings (SSSR count). The second kappa shape index (κ2) is 8.02. The van der Waals surface area contributed by atoms with E-state index in [1.54, 1.807) is 29.2 Å². The number of nitrogens with two attached hydrogens (primary N) is 1. The van der Waals surface area contributed by atoms with Crippen molar-refractivity contribution in [3.8, 4) is 11.5 Å². The van der Waals surface area contributed by atoms with Crippen LogP contribution in [0.5, 0.6) is 11.5 Å². The summed E-state index contributed by atoms with van der Waals surface area (Å²) in [5.41, 5.74) is 5.52. The Morgan fingerprint density at radius 1 is 1.36 bits per heavy atom. The number of hydrogen-bond acceptors (Lipinski definition) is 5. The van der Waals surface area contributed by atoms with E-state index in [0.29, 0.717) is 31.2 Å². The van der Waals surface area contributed by atoms with Crippen molar-refractivity contribution in [1.82, 2.24) is 4.90 Å². The predicted octanol–water partition coefficient (Wildman–Crippen LogP) is 1.21. The zero-order valence-corrected chi connectivity index (χ0v) is 14.8. The molecule has 25 heavy (non-hydrogen) atoms. The van der Waals surface area contributed by atoms with E-state index in [1.165, 1.54) is 13.2 Å². The first-order chi connectivity index (χ1) is 11.8. The minimum absolute atomic E-state index is 0.0654. The second-order valence-electron chi connectivity index (χ2n) is 6.37. The highest BCUT2D eigenvalue weighted by Gasteiger charge is 2.28. The molecule has 1 fully saturated rings. The molecule has 1 heterocycles. The fraction of sp³-hybridized carbons (Fsp3) is 0.444. The van der Waals surface area contributed by atoms with Crippen LogP contribution in [0.25, 0.3) is 6.08 Å². The number of hydrogen-bond donors (Lipinski definition) is 1. The molecule has 0 spiro atoms. The van der Waals surface area contributed by atoms with E-state index >= 15 is 0 Å². The summed E-state index contributed by atoms with van der Waals surface area (Å²) < 4.78 is 16.1. The van der Waals surface area contributed by atoms with E-state index in [0.717, 1.165) is 5.56 Å². The molecule has 0 atom stereocenters. The van der Waals surface area contributed by atoms with Crippen molar-refractivity contribution in [2.75, 3.05) is 33.4 Å². The quantitative estimate of drug-likeness (QED) is 0.780. The van der Waals surface area contributed by atoms with E-state index in [9.17, 15) is 9.59 Å². The van der Waals surface area contributed by atoms with Crippen LogP contribution in [0.4, 0.5) is 0 Å². The van der Waals surface area contributed by atoms with Crippen LogP contribution in [0.1, 0.15) is 19.4 Å². The third-order valence-electron chi connectivity index (χ3n) is 3.71. The van der Waals surface area contributed by atoms with Gasteiger partial charge in [0.15, 0.2) is 18.1 Å². The van der Waals surface area contributed by atoms with Gasteiger partial charge < -0.3 is 24.8 Å². The van der Waals surface area contributed by atoms with Gasteiger partial charge in [0.2, 0.25) is 5.91 Å². The lowest BCUT2D eigenvalue weighted by Gasteiger charge is -2.37. The number of morpholine rings is 1. The Kier molecular flexibility index (Phi) is 6.03. The molecule has 1 aromatic carbocycles. The first-order valence-electron chi connectivity index (χ1n) is 8.01. The highest BCUT2D eigenvalue weighted by molar-refractivity contribution is 5.92. The minimum Gasteiger partial charge on any atom is -0.493 e. The molecule has 136 valence electrons. The number of ether oxygens (including phenoxy) is 3. The zero-order valence-electron chi connectivity index (χ0n) is 14.8. The molecule has 0 aromatic heterocycles. The summed E-state index contributed by atoms with van der Waals surface area (Å²) in [5.74, 6) is 0.248. The van der Waals surface area contributed by atoms with Crippen LogP contribution in [0.2, 0.25) is 0 Å². The van der Waals surface area contributed by atoms with Gasteiger partial charge in [-0.2, -0.15) is 0 Å². The molecule has 2 N–H and O–H groups in total. The molecular formula is C18H24N2O5. The Bertz CT molecular complexity index is 669. The van der Waals surface area contributed by atoms with E-state index < -0.39 is 5.91 Å². The summed E-state index contributed by atoms with van der Waals surface area (Å²) >= 11 is 0. The van der Waals surface area contributed by atoms with E-state index in [1.807, 2.05) is 13.8 Å². The maximum Gasteiger partial charge on any atom is 0.255 e. The summed E-state index contributed by atoms with van der Waals surface area (Å²) in [7, 11) is 1.50. The summed E-state index contributed by atoms with van der Waals surface area (Å²) in [5, 5.41) is 0. The van der Waals surface area contributed by atoms with Crippen LogP contribution in [0, 0.1) is 0 Å². The van der Waals surface area contributed by atoms with Crippen LogP contribution in [0.15, 0.2) is 24.3 Å². The summed E-state index contributed by atoms with van der Waals surface area (Å²) in [6.07, 6.45) is 3.24. The molecule has 0 bridgehead atoms. The maximum absolute atomic E-state index is 12.3. The normalized spacial score (nSPS) is 16.7. The van der Waals surface area contributed by atoms with Gasteiger partial charge in [0, 0.05) is 19.2 Å². The van der Waals surface area contributed by atoms with Crippen LogP contribution >= 0.6 is 0 Å². The lowest BCUT2D eigenvalue weighted by atomic mass is 10.1. The highest BCUT2D eigenvalue weighted by Crippen LogP contribution is 2.28. The van der Waals surface area contributed by atoms with Crippen molar-refractivity contribution in [2.24, 2.45) is 5.73 Å². The van der Waals surface area contributed by atoms with Crippen molar-refractivity contribution in [1.29, 1.82) is 0 Å². The fourth-order valence-electron chi connectivity index (χ4n) is 2.53. The SMILES string of the molecule is COc1cc(/C=C\C(=O)N2CCOC(C)(C)C2)ccc1OCC(N)=O. The first-order valence-corrected chi connectivity index (χ1v) is 8.01. The van der Waals surface area contributed by atoms with E-state index in [-0.39, 0.29) is 18.1 Å². The molecule has 2 amide bonds. The number of methoxy groups -OCH3 is 1. The van der Waals surface area contributed by atoms with Crippen LogP contribution in [-0.2, 0) is 14.3 Å². The molecule has 0 aliphatic carbocycles. The number of benzene rings is 1. The van der Waals surface area contributed by atoms with Gasteiger partial charge in [-0.25, -0.2) is 0 Å². The number of carbonyl (C=O) groups excluding carboxylic acids is 2. The van der Waals surface area contributed by atoms with Crippen molar-refractivity contribution in [2.45, 2.75) is 19.4 Å². The second-order valence-corrected chi connectivity index (χ2v) is 6.37. The molecule has 1 saturated heterocycles. The topological polar surface area (TPSA) is 91.1 Å². The van der Waals surface area contributed by atoms with Crippen molar-refractivity contribution < 1.29 is 23.8 Å². The van der Waals surface area contributed by atoms with E-state index in [2.05, 4.69) is 0 Å². The van der Waals surface area contributed by atoms with Gasteiger partial charge in [-0.15, -0.1) is 0 Å². The molecule has 1 aliphatic rings. The Hall–Kier alpha value is -2.54. The van der Waals surface area contributed by atoms with Gasteiger partial charge in [-0.3, -0.25) is 9.59 Å². The largest absolute Gasteiger partial charge is 0.493 e. The highest BCUT2D eigenvalue weighted by atomic mass is 16.5. The van der Waals surface area contributed by atoms with Gasteiger partial charge in [0.1, 0.15) is 0 Å². The van der Waals surface area contributed by atoms with Gasteiger partial charge in [0.25, 0.3) is 5.91 Å². The Morgan fingerprint density at radius 2 is 2.12 bits per heavy atom.